The third kappa shape index (κ3) is 4.82. The van der Waals surface area contributed by atoms with E-state index in [1.807, 2.05) is 0 Å². The van der Waals surface area contributed by atoms with E-state index in [9.17, 15) is 0 Å². The van der Waals surface area contributed by atoms with Crippen molar-refractivity contribution in [1.82, 2.24) is 9.80 Å². The molecule has 1 fully saturated rings. The number of benzene rings is 1. The van der Waals surface area contributed by atoms with Gasteiger partial charge < -0.3 is 16.0 Å². The van der Waals surface area contributed by atoms with E-state index in [0.29, 0.717) is 0 Å². The molecule has 4 nitrogen and oxygen atoms in total. The van der Waals surface area contributed by atoms with E-state index in [1.165, 1.54) is 37.4 Å². The molecular weight excluding hydrogens is 236 g/mol. The predicted octanol–water partition coefficient (Wildman–Crippen LogP) is 1.19. The van der Waals surface area contributed by atoms with Gasteiger partial charge in [-0.3, -0.25) is 4.90 Å². The number of rotatable bonds is 6. The topological polar surface area (TPSA) is 44.5 Å². The van der Waals surface area contributed by atoms with E-state index in [0.717, 1.165) is 26.1 Å². The lowest BCUT2D eigenvalue weighted by Crippen LogP contribution is -2.43. The SMILES string of the molecule is CN1CCN(Cc2ccc(NCCCN)cc2)CC1. The summed E-state index contributed by atoms with van der Waals surface area (Å²) in [5.74, 6) is 0. The molecule has 3 N–H and O–H groups in total. The van der Waals surface area contributed by atoms with E-state index >= 15 is 0 Å². The van der Waals surface area contributed by atoms with Gasteiger partial charge in [0.1, 0.15) is 0 Å². The summed E-state index contributed by atoms with van der Waals surface area (Å²) in [5, 5.41) is 3.38. The van der Waals surface area contributed by atoms with Crippen LogP contribution in [0, 0.1) is 0 Å². The fraction of sp³-hybridized carbons (Fsp3) is 0.600. The maximum absolute atomic E-state index is 5.48. The van der Waals surface area contributed by atoms with Crippen LogP contribution in [0.1, 0.15) is 12.0 Å². The Labute approximate surface area is 116 Å². The second-order valence-electron chi connectivity index (χ2n) is 5.35. The maximum Gasteiger partial charge on any atom is 0.0340 e. The van der Waals surface area contributed by atoms with Crippen molar-refractivity contribution >= 4 is 5.69 Å². The van der Waals surface area contributed by atoms with Gasteiger partial charge in [-0.05, 0) is 37.7 Å². The molecule has 1 aromatic carbocycles. The summed E-state index contributed by atoms with van der Waals surface area (Å²) in [6.07, 6.45) is 1.02. The van der Waals surface area contributed by atoms with Crippen molar-refractivity contribution in [3.8, 4) is 0 Å². The summed E-state index contributed by atoms with van der Waals surface area (Å²) >= 11 is 0. The predicted molar refractivity (Wildman–Crippen MR) is 81.4 cm³/mol. The van der Waals surface area contributed by atoms with Gasteiger partial charge in [0.15, 0.2) is 0 Å². The van der Waals surface area contributed by atoms with Crippen molar-refractivity contribution in [3.63, 3.8) is 0 Å². The highest BCUT2D eigenvalue weighted by atomic mass is 15.2. The molecule has 1 aliphatic rings. The van der Waals surface area contributed by atoms with Gasteiger partial charge in [-0.25, -0.2) is 0 Å². The Balaban J connectivity index is 1.78. The average Bonchev–Trinajstić information content (AvgIpc) is 2.44. The lowest BCUT2D eigenvalue weighted by molar-refractivity contribution is 0.148. The molecule has 19 heavy (non-hydrogen) atoms. The van der Waals surface area contributed by atoms with Crippen LogP contribution in [0.4, 0.5) is 5.69 Å². The van der Waals surface area contributed by atoms with Crippen LogP contribution in [0.5, 0.6) is 0 Å². The van der Waals surface area contributed by atoms with Gasteiger partial charge in [0.05, 0.1) is 0 Å². The number of nitrogens with zero attached hydrogens (tertiary/aromatic N) is 2. The van der Waals surface area contributed by atoms with Gasteiger partial charge in [-0.15, -0.1) is 0 Å². The van der Waals surface area contributed by atoms with E-state index in [1.54, 1.807) is 0 Å². The molecule has 2 rings (SSSR count). The van der Waals surface area contributed by atoms with Crippen molar-refractivity contribution in [1.29, 1.82) is 0 Å². The van der Waals surface area contributed by atoms with Crippen LogP contribution in [0.25, 0.3) is 0 Å². The molecule has 1 aliphatic heterocycles. The molecule has 0 atom stereocenters. The normalized spacial score (nSPS) is 17.6. The molecule has 1 aromatic rings. The number of hydrogen-bond donors (Lipinski definition) is 2. The van der Waals surface area contributed by atoms with Crippen molar-refractivity contribution in [2.45, 2.75) is 13.0 Å². The lowest BCUT2D eigenvalue weighted by Gasteiger charge is -2.32. The van der Waals surface area contributed by atoms with Gasteiger partial charge in [0.25, 0.3) is 0 Å². The smallest absolute Gasteiger partial charge is 0.0340 e. The Hall–Kier alpha value is -1.10. The molecule has 0 aliphatic carbocycles. The first kappa shape index (κ1) is 14.3. The summed E-state index contributed by atoms with van der Waals surface area (Å²) < 4.78 is 0. The zero-order valence-corrected chi connectivity index (χ0v) is 11.9. The number of nitrogens with one attached hydrogen (secondary N) is 1. The Bertz CT molecular complexity index is 355. The summed E-state index contributed by atoms with van der Waals surface area (Å²) in [7, 11) is 2.19. The van der Waals surface area contributed by atoms with Crippen molar-refractivity contribution in [3.05, 3.63) is 29.8 Å². The molecule has 0 aromatic heterocycles. The van der Waals surface area contributed by atoms with Crippen LogP contribution < -0.4 is 11.1 Å². The van der Waals surface area contributed by atoms with E-state index in [-0.39, 0.29) is 0 Å². The summed E-state index contributed by atoms with van der Waals surface area (Å²) in [6, 6.07) is 8.79. The molecule has 1 heterocycles. The standard InChI is InChI=1S/C15H26N4/c1-18-9-11-19(12-10-18)13-14-3-5-15(6-4-14)17-8-2-7-16/h3-6,17H,2,7-13,16H2,1H3. The van der Waals surface area contributed by atoms with Gasteiger partial charge in [0.2, 0.25) is 0 Å². The Kier molecular flexibility index (Phi) is 5.63. The minimum Gasteiger partial charge on any atom is -0.385 e. The monoisotopic (exact) mass is 262 g/mol. The van der Waals surface area contributed by atoms with E-state index < -0.39 is 0 Å². The summed E-state index contributed by atoms with van der Waals surface area (Å²) in [4.78, 5) is 4.91. The second-order valence-corrected chi connectivity index (χ2v) is 5.35. The van der Waals surface area contributed by atoms with Crippen molar-refractivity contribution in [2.24, 2.45) is 5.73 Å². The minimum absolute atomic E-state index is 0.745. The highest BCUT2D eigenvalue weighted by molar-refractivity contribution is 5.44. The first-order valence-electron chi connectivity index (χ1n) is 7.22. The number of anilines is 1. The fourth-order valence-corrected chi connectivity index (χ4v) is 2.33. The Morgan fingerprint density at radius 2 is 1.79 bits per heavy atom. The largest absolute Gasteiger partial charge is 0.385 e. The first-order valence-corrected chi connectivity index (χ1v) is 7.22. The summed E-state index contributed by atoms with van der Waals surface area (Å²) in [5.41, 5.74) is 8.07. The average molecular weight is 262 g/mol. The fourth-order valence-electron chi connectivity index (χ4n) is 2.33. The van der Waals surface area contributed by atoms with Crippen LogP contribution in [0.15, 0.2) is 24.3 Å². The zero-order chi connectivity index (χ0) is 13.5. The number of hydrogen-bond acceptors (Lipinski definition) is 4. The molecule has 0 radical (unpaired) electrons. The number of piperazine rings is 1. The first-order chi connectivity index (χ1) is 9.28. The van der Waals surface area contributed by atoms with Crippen molar-refractivity contribution in [2.75, 3.05) is 51.6 Å². The third-order valence-corrected chi connectivity index (χ3v) is 3.67. The lowest BCUT2D eigenvalue weighted by atomic mass is 10.2. The van der Waals surface area contributed by atoms with Gasteiger partial charge in [-0.2, -0.15) is 0 Å². The number of nitrogens with two attached hydrogens (primary N) is 1. The molecule has 4 heteroatoms. The van der Waals surface area contributed by atoms with Crippen LogP contribution in [-0.2, 0) is 6.54 Å². The molecule has 0 bridgehead atoms. The molecule has 0 spiro atoms. The van der Waals surface area contributed by atoms with E-state index in [4.69, 9.17) is 5.73 Å². The minimum atomic E-state index is 0.745. The highest BCUT2D eigenvalue weighted by Crippen LogP contribution is 2.12. The maximum atomic E-state index is 5.48. The van der Waals surface area contributed by atoms with E-state index in [2.05, 4.69) is 46.4 Å². The van der Waals surface area contributed by atoms with Crippen molar-refractivity contribution < 1.29 is 0 Å². The second kappa shape index (κ2) is 7.48. The zero-order valence-electron chi connectivity index (χ0n) is 11.9. The van der Waals surface area contributed by atoms with Crippen LogP contribution in [-0.4, -0.2) is 56.1 Å². The molecule has 1 saturated heterocycles. The van der Waals surface area contributed by atoms with Crippen LogP contribution >= 0.6 is 0 Å². The number of likely N-dealkylation sites (N-methyl/N-ethyl adjacent to an activating group) is 1. The molecule has 0 saturated carbocycles. The molecular formula is C15H26N4. The van der Waals surface area contributed by atoms with Gasteiger partial charge in [-0.1, -0.05) is 12.1 Å². The third-order valence-electron chi connectivity index (χ3n) is 3.67. The van der Waals surface area contributed by atoms with Crippen LogP contribution in [0.3, 0.4) is 0 Å². The summed E-state index contributed by atoms with van der Waals surface area (Å²) in [6.45, 7) is 7.47. The molecule has 106 valence electrons. The Morgan fingerprint density at radius 1 is 1.11 bits per heavy atom. The highest BCUT2D eigenvalue weighted by Gasteiger charge is 2.13. The van der Waals surface area contributed by atoms with Gasteiger partial charge >= 0.3 is 0 Å². The van der Waals surface area contributed by atoms with Crippen LogP contribution in [0.2, 0.25) is 0 Å². The van der Waals surface area contributed by atoms with Gasteiger partial charge in [0, 0.05) is 45.0 Å². The molecule has 0 amide bonds. The quantitative estimate of drug-likeness (QED) is 0.756. The molecule has 0 unspecified atom stereocenters. The Morgan fingerprint density at radius 3 is 2.42 bits per heavy atom.